The Morgan fingerprint density at radius 3 is 2.90 bits per heavy atom. The Balaban J connectivity index is 1.88. The van der Waals surface area contributed by atoms with Crippen molar-refractivity contribution >= 4 is 0 Å². The summed E-state index contributed by atoms with van der Waals surface area (Å²) < 4.78 is 5.97. The molecule has 0 bridgehead atoms. The van der Waals surface area contributed by atoms with Gasteiger partial charge in [-0.25, -0.2) is 0 Å². The van der Waals surface area contributed by atoms with Crippen LogP contribution in [-0.4, -0.2) is 25.3 Å². The molecule has 1 fully saturated rings. The van der Waals surface area contributed by atoms with E-state index in [1.165, 1.54) is 38.5 Å². The van der Waals surface area contributed by atoms with Crippen LogP contribution in [0.5, 0.6) is 0 Å². The zero-order valence-electron chi connectivity index (χ0n) is 13.5. The van der Waals surface area contributed by atoms with Crippen LogP contribution in [0.1, 0.15) is 57.1 Å². The highest BCUT2D eigenvalue weighted by Crippen LogP contribution is 2.42. The summed E-state index contributed by atoms with van der Waals surface area (Å²) in [5.74, 6) is 0. The van der Waals surface area contributed by atoms with Gasteiger partial charge in [-0.3, -0.25) is 0 Å². The van der Waals surface area contributed by atoms with Gasteiger partial charge in [-0.15, -0.1) is 0 Å². The predicted molar refractivity (Wildman–Crippen MR) is 87.8 cm³/mol. The molecule has 0 saturated carbocycles. The number of rotatable bonds is 5. The van der Waals surface area contributed by atoms with E-state index in [9.17, 15) is 0 Å². The molecule has 0 aromatic heterocycles. The standard InChI is InChI=1S/C19H29NO/c1-15(2)20-14-19(13-17-9-6-12-21-17)11-5-8-16-7-3-4-10-18(16)19/h3-4,7,10,15,17,20H,5-6,8-9,11-14H2,1-2H3. The maximum Gasteiger partial charge on any atom is 0.0585 e. The Labute approximate surface area is 129 Å². The van der Waals surface area contributed by atoms with Crippen LogP contribution in [0, 0.1) is 0 Å². The molecule has 1 aliphatic carbocycles. The fourth-order valence-electron chi connectivity index (χ4n) is 4.12. The Hall–Kier alpha value is -0.860. The summed E-state index contributed by atoms with van der Waals surface area (Å²) in [7, 11) is 0. The maximum absolute atomic E-state index is 5.97. The molecular weight excluding hydrogens is 258 g/mol. The van der Waals surface area contributed by atoms with Gasteiger partial charge in [0.25, 0.3) is 0 Å². The minimum absolute atomic E-state index is 0.272. The van der Waals surface area contributed by atoms with E-state index in [1.54, 1.807) is 11.1 Å². The second-order valence-corrected chi connectivity index (χ2v) is 7.17. The smallest absolute Gasteiger partial charge is 0.0585 e. The van der Waals surface area contributed by atoms with Crippen LogP contribution in [0.15, 0.2) is 24.3 Å². The minimum Gasteiger partial charge on any atom is -0.378 e. The van der Waals surface area contributed by atoms with Gasteiger partial charge >= 0.3 is 0 Å². The topological polar surface area (TPSA) is 21.3 Å². The average Bonchev–Trinajstić information content (AvgIpc) is 2.98. The molecule has 2 atom stereocenters. The Bertz CT molecular complexity index is 464. The normalized spacial score (nSPS) is 28.8. The minimum atomic E-state index is 0.272. The number of fused-ring (bicyclic) bond motifs is 1. The summed E-state index contributed by atoms with van der Waals surface area (Å²) in [6.45, 7) is 6.53. The molecule has 1 heterocycles. The molecule has 2 unspecified atom stereocenters. The first-order chi connectivity index (χ1) is 10.2. The van der Waals surface area contributed by atoms with Crippen LogP contribution in [0.25, 0.3) is 0 Å². The molecule has 1 N–H and O–H groups in total. The monoisotopic (exact) mass is 287 g/mol. The summed E-state index contributed by atoms with van der Waals surface area (Å²) in [6.07, 6.45) is 7.97. The zero-order chi connectivity index (χ0) is 14.7. The van der Waals surface area contributed by atoms with Crippen molar-refractivity contribution in [3.8, 4) is 0 Å². The first kappa shape index (κ1) is 15.1. The van der Waals surface area contributed by atoms with E-state index in [4.69, 9.17) is 4.74 Å². The maximum atomic E-state index is 5.97. The van der Waals surface area contributed by atoms with Crippen molar-refractivity contribution in [2.24, 2.45) is 0 Å². The van der Waals surface area contributed by atoms with E-state index in [0.29, 0.717) is 12.1 Å². The molecule has 0 radical (unpaired) electrons. The molecule has 1 aliphatic heterocycles. The van der Waals surface area contributed by atoms with E-state index < -0.39 is 0 Å². The summed E-state index contributed by atoms with van der Waals surface area (Å²) in [5, 5.41) is 3.72. The molecule has 1 aromatic rings. The molecule has 21 heavy (non-hydrogen) atoms. The van der Waals surface area contributed by atoms with E-state index in [2.05, 4.69) is 43.4 Å². The van der Waals surface area contributed by atoms with Crippen molar-refractivity contribution < 1.29 is 4.74 Å². The highest BCUT2D eigenvalue weighted by molar-refractivity contribution is 5.37. The van der Waals surface area contributed by atoms with Gasteiger partial charge in [0.05, 0.1) is 6.10 Å². The summed E-state index contributed by atoms with van der Waals surface area (Å²) >= 11 is 0. The molecule has 1 aromatic carbocycles. The van der Waals surface area contributed by atoms with Crippen molar-refractivity contribution in [2.75, 3.05) is 13.2 Å². The van der Waals surface area contributed by atoms with Crippen LogP contribution >= 0.6 is 0 Å². The first-order valence-electron chi connectivity index (χ1n) is 8.63. The fraction of sp³-hybridized carbons (Fsp3) is 0.684. The Morgan fingerprint density at radius 1 is 1.29 bits per heavy atom. The van der Waals surface area contributed by atoms with E-state index in [1.807, 2.05) is 0 Å². The molecule has 2 nitrogen and oxygen atoms in total. The highest BCUT2D eigenvalue weighted by atomic mass is 16.5. The SMILES string of the molecule is CC(C)NCC1(CC2CCCO2)CCCc2ccccc21. The molecule has 0 spiro atoms. The molecule has 1 saturated heterocycles. The fourth-order valence-corrected chi connectivity index (χ4v) is 4.12. The summed E-state index contributed by atoms with van der Waals surface area (Å²) in [6, 6.07) is 9.64. The Kier molecular flexibility index (Phi) is 4.66. The van der Waals surface area contributed by atoms with E-state index in [0.717, 1.165) is 13.2 Å². The lowest BCUT2D eigenvalue weighted by atomic mass is 9.66. The number of hydrogen-bond donors (Lipinski definition) is 1. The highest BCUT2D eigenvalue weighted by Gasteiger charge is 2.39. The van der Waals surface area contributed by atoms with Crippen molar-refractivity contribution in [3.63, 3.8) is 0 Å². The van der Waals surface area contributed by atoms with E-state index >= 15 is 0 Å². The molecular formula is C19H29NO. The Morgan fingerprint density at radius 2 is 2.14 bits per heavy atom. The average molecular weight is 287 g/mol. The van der Waals surface area contributed by atoms with Crippen molar-refractivity contribution in [3.05, 3.63) is 35.4 Å². The van der Waals surface area contributed by atoms with Crippen LogP contribution in [0.2, 0.25) is 0 Å². The number of hydrogen-bond acceptors (Lipinski definition) is 2. The number of benzene rings is 1. The third-order valence-corrected chi connectivity index (χ3v) is 5.18. The van der Waals surface area contributed by atoms with Crippen molar-refractivity contribution in [1.29, 1.82) is 0 Å². The van der Waals surface area contributed by atoms with Gasteiger partial charge in [-0.1, -0.05) is 38.1 Å². The second kappa shape index (κ2) is 6.50. The van der Waals surface area contributed by atoms with Gasteiger partial charge in [0.2, 0.25) is 0 Å². The molecule has 3 rings (SSSR count). The first-order valence-corrected chi connectivity index (χ1v) is 8.63. The van der Waals surface area contributed by atoms with Gasteiger partial charge < -0.3 is 10.1 Å². The largest absolute Gasteiger partial charge is 0.378 e. The molecule has 2 heteroatoms. The third kappa shape index (κ3) is 3.32. The van der Waals surface area contributed by atoms with Crippen LogP contribution < -0.4 is 5.32 Å². The number of aryl methyl sites for hydroxylation is 1. The predicted octanol–water partition coefficient (Wildman–Crippen LogP) is 3.83. The van der Waals surface area contributed by atoms with Gasteiger partial charge in [0.15, 0.2) is 0 Å². The summed E-state index contributed by atoms with van der Waals surface area (Å²) in [5.41, 5.74) is 3.42. The number of ether oxygens (including phenoxy) is 1. The van der Waals surface area contributed by atoms with E-state index in [-0.39, 0.29) is 5.41 Å². The number of nitrogens with one attached hydrogen (secondary N) is 1. The van der Waals surface area contributed by atoms with Gasteiger partial charge in [-0.05, 0) is 49.7 Å². The van der Waals surface area contributed by atoms with Gasteiger partial charge in [0.1, 0.15) is 0 Å². The van der Waals surface area contributed by atoms with Crippen LogP contribution in [0.4, 0.5) is 0 Å². The lowest BCUT2D eigenvalue weighted by Crippen LogP contribution is -2.45. The lowest BCUT2D eigenvalue weighted by Gasteiger charge is -2.41. The third-order valence-electron chi connectivity index (χ3n) is 5.18. The second-order valence-electron chi connectivity index (χ2n) is 7.17. The van der Waals surface area contributed by atoms with Crippen molar-refractivity contribution in [1.82, 2.24) is 5.32 Å². The molecule has 116 valence electrons. The zero-order valence-corrected chi connectivity index (χ0v) is 13.5. The quantitative estimate of drug-likeness (QED) is 0.888. The molecule has 0 amide bonds. The van der Waals surface area contributed by atoms with Gasteiger partial charge in [0, 0.05) is 24.6 Å². The van der Waals surface area contributed by atoms with Gasteiger partial charge in [-0.2, -0.15) is 0 Å². The molecule has 2 aliphatic rings. The van der Waals surface area contributed by atoms with Crippen LogP contribution in [0.3, 0.4) is 0 Å². The lowest BCUT2D eigenvalue weighted by molar-refractivity contribution is 0.0765. The summed E-state index contributed by atoms with van der Waals surface area (Å²) in [4.78, 5) is 0. The van der Waals surface area contributed by atoms with Crippen LogP contribution in [-0.2, 0) is 16.6 Å². The van der Waals surface area contributed by atoms with Crippen molar-refractivity contribution in [2.45, 2.75) is 69.9 Å².